The van der Waals surface area contributed by atoms with Crippen molar-refractivity contribution in [1.29, 1.82) is 0 Å². The first kappa shape index (κ1) is 10.2. The fraction of sp³-hybridized carbons (Fsp3) is 0.583. The molecule has 0 aromatic rings. The van der Waals surface area contributed by atoms with Crippen molar-refractivity contribution in [2.45, 2.75) is 40.5 Å². The number of carbonyl (C=O) groups excluding carboxylic acids is 1. The normalized spacial score (nSPS) is 24.8. The van der Waals surface area contributed by atoms with Gasteiger partial charge in [0.1, 0.15) is 0 Å². The van der Waals surface area contributed by atoms with E-state index in [1.807, 2.05) is 6.92 Å². The number of ketones is 1. The highest BCUT2D eigenvalue weighted by molar-refractivity contribution is 5.93. The third-order valence-corrected chi connectivity index (χ3v) is 2.56. The third kappa shape index (κ3) is 2.09. The Bertz CT molecular complexity index is 279. The minimum absolute atomic E-state index is 0.0337. The van der Waals surface area contributed by atoms with Crippen molar-refractivity contribution in [2.24, 2.45) is 5.41 Å². The second kappa shape index (κ2) is 3.49. The summed E-state index contributed by atoms with van der Waals surface area (Å²) in [6, 6.07) is 0. The SMILES string of the molecule is CC/C=C1\C(C)=CC(=O)CC1(C)C. The predicted octanol–water partition coefficient (Wildman–Crippen LogP) is 3.27. The van der Waals surface area contributed by atoms with Crippen LogP contribution in [0.15, 0.2) is 23.3 Å². The molecule has 0 spiro atoms. The van der Waals surface area contributed by atoms with Gasteiger partial charge in [-0.05, 0) is 36.0 Å². The summed E-state index contributed by atoms with van der Waals surface area (Å²) in [5.74, 6) is 0.260. The maximum Gasteiger partial charge on any atom is 0.156 e. The molecule has 1 nitrogen and oxygen atoms in total. The lowest BCUT2D eigenvalue weighted by atomic mass is 9.72. The van der Waals surface area contributed by atoms with E-state index in [0.717, 1.165) is 12.0 Å². The highest BCUT2D eigenvalue weighted by atomic mass is 16.1. The molecule has 1 aliphatic carbocycles. The molecule has 0 saturated heterocycles. The van der Waals surface area contributed by atoms with Crippen LogP contribution in [0.3, 0.4) is 0 Å². The van der Waals surface area contributed by atoms with E-state index in [2.05, 4.69) is 26.8 Å². The largest absolute Gasteiger partial charge is 0.295 e. The summed E-state index contributed by atoms with van der Waals surface area (Å²) in [7, 11) is 0. The highest BCUT2D eigenvalue weighted by Gasteiger charge is 2.30. The molecule has 0 aromatic carbocycles. The predicted molar refractivity (Wildman–Crippen MR) is 55.5 cm³/mol. The molecule has 1 rings (SSSR count). The van der Waals surface area contributed by atoms with Crippen LogP contribution >= 0.6 is 0 Å². The summed E-state index contributed by atoms with van der Waals surface area (Å²) in [6.07, 6.45) is 5.69. The molecule has 13 heavy (non-hydrogen) atoms. The van der Waals surface area contributed by atoms with Crippen LogP contribution in [0.2, 0.25) is 0 Å². The number of hydrogen-bond acceptors (Lipinski definition) is 1. The Morgan fingerprint density at radius 1 is 1.54 bits per heavy atom. The molecular formula is C12H18O. The zero-order valence-corrected chi connectivity index (χ0v) is 8.98. The van der Waals surface area contributed by atoms with Crippen LogP contribution in [0.4, 0.5) is 0 Å². The van der Waals surface area contributed by atoms with Crippen LogP contribution in [0, 0.1) is 5.41 Å². The van der Waals surface area contributed by atoms with Gasteiger partial charge in [0, 0.05) is 6.42 Å². The Hall–Kier alpha value is -0.850. The third-order valence-electron chi connectivity index (χ3n) is 2.56. The Labute approximate surface area is 80.5 Å². The van der Waals surface area contributed by atoms with Gasteiger partial charge in [-0.2, -0.15) is 0 Å². The molecule has 72 valence electrons. The molecule has 0 unspecified atom stereocenters. The van der Waals surface area contributed by atoms with E-state index in [4.69, 9.17) is 0 Å². The minimum Gasteiger partial charge on any atom is -0.295 e. The van der Waals surface area contributed by atoms with Gasteiger partial charge in [0.15, 0.2) is 5.78 Å². The van der Waals surface area contributed by atoms with Gasteiger partial charge in [0.2, 0.25) is 0 Å². The topological polar surface area (TPSA) is 17.1 Å². The van der Waals surface area contributed by atoms with E-state index in [-0.39, 0.29) is 11.2 Å². The van der Waals surface area contributed by atoms with Crippen LogP contribution in [-0.2, 0) is 4.79 Å². The molecular weight excluding hydrogens is 160 g/mol. The molecule has 0 bridgehead atoms. The average molecular weight is 178 g/mol. The van der Waals surface area contributed by atoms with Gasteiger partial charge in [-0.3, -0.25) is 4.79 Å². The van der Waals surface area contributed by atoms with Gasteiger partial charge in [-0.1, -0.05) is 26.8 Å². The van der Waals surface area contributed by atoms with Crippen molar-refractivity contribution in [3.63, 3.8) is 0 Å². The molecule has 1 heteroatoms. The van der Waals surface area contributed by atoms with E-state index in [1.54, 1.807) is 6.08 Å². The van der Waals surface area contributed by atoms with E-state index in [1.165, 1.54) is 5.57 Å². The average Bonchev–Trinajstić information content (AvgIpc) is 1.95. The molecule has 0 aliphatic heterocycles. The second-order valence-corrected chi connectivity index (χ2v) is 4.38. The summed E-state index contributed by atoms with van der Waals surface area (Å²) in [5.41, 5.74) is 2.52. The zero-order valence-electron chi connectivity index (χ0n) is 8.98. The second-order valence-electron chi connectivity index (χ2n) is 4.38. The van der Waals surface area contributed by atoms with E-state index in [0.29, 0.717) is 6.42 Å². The molecule has 0 atom stereocenters. The van der Waals surface area contributed by atoms with Crippen LogP contribution in [-0.4, -0.2) is 5.78 Å². The smallest absolute Gasteiger partial charge is 0.156 e. The van der Waals surface area contributed by atoms with Crippen molar-refractivity contribution in [3.8, 4) is 0 Å². The number of allylic oxidation sites excluding steroid dienone is 4. The summed E-state index contributed by atoms with van der Waals surface area (Å²) in [6.45, 7) is 8.44. The Kier molecular flexibility index (Phi) is 2.74. The van der Waals surface area contributed by atoms with E-state index >= 15 is 0 Å². The molecule has 0 heterocycles. The first-order chi connectivity index (χ1) is 5.97. The number of hydrogen-bond donors (Lipinski definition) is 0. The van der Waals surface area contributed by atoms with E-state index in [9.17, 15) is 4.79 Å². The van der Waals surface area contributed by atoms with Gasteiger partial charge in [-0.25, -0.2) is 0 Å². The summed E-state index contributed by atoms with van der Waals surface area (Å²) < 4.78 is 0. The van der Waals surface area contributed by atoms with Crippen LogP contribution in [0.5, 0.6) is 0 Å². The summed E-state index contributed by atoms with van der Waals surface area (Å²) in [4.78, 5) is 11.3. The standard InChI is InChI=1S/C12H18O/c1-5-6-11-9(2)7-10(13)8-12(11,3)4/h6-7H,5,8H2,1-4H3/b11-6+. The molecule has 0 radical (unpaired) electrons. The molecule has 0 fully saturated rings. The number of carbonyl (C=O) groups is 1. The lowest BCUT2D eigenvalue weighted by Gasteiger charge is -2.31. The van der Waals surface area contributed by atoms with Crippen molar-refractivity contribution >= 4 is 5.78 Å². The molecule has 0 saturated carbocycles. The van der Waals surface area contributed by atoms with Gasteiger partial charge in [0.25, 0.3) is 0 Å². The monoisotopic (exact) mass is 178 g/mol. The van der Waals surface area contributed by atoms with Gasteiger partial charge in [-0.15, -0.1) is 0 Å². The molecule has 1 aliphatic rings. The van der Waals surface area contributed by atoms with Crippen molar-refractivity contribution in [1.82, 2.24) is 0 Å². The van der Waals surface area contributed by atoms with Crippen molar-refractivity contribution < 1.29 is 4.79 Å². The van der Waals surface area contributed by atoms with Crippen molar-refractivity contribution in [3.05, 3.63) is 23.3 Å². The molecule has 0 amide bonds. The van der Waals surface area contributed by atoms with Crippen LogP contribution in [0.1, 0.15) is 40.5 Å². The molecule has 0 aromatic heterocycles. The van der Waals surface area contributed by atoms with E-state index < -0.39 is 0 Å². The number of rotatable bonds is 1. The Morgan fingerprint density at radius 3 is 2.62 bits per heavy atom. The fourth-order valence-corrected chi connectivity index (χ4v) is 2.08. The maximum absolute atomic E-state index is 11.3. The Balaban J connectivity index is 3.10. The first-order valence-corrected chi connectivity index (χ1v) is 4.89. The Morgan fingerprint density at radius 2 is 2.15 bits per heavy atom. The fourth-order valence-electron chi connectivity index (χ4n) is 2.08. The highest BCUT2D eigenvalue weighted by Crippen LogP contribution is 2.38. The zero-order chi connectivity index (χ0) is 10.1. The first-order valence-electron chi connectivity index (χ1n) is 4.89. The lowest BCUT2D eigenvalue weighted by molar-refractivity contribution is -0.116. The van der Waals surface area contributed by atoms with Gasteiger partial charge in [0.05, 0.1) is 0 Å². The molecule has 0 N–H and O–H groups in total. The summed E-state index contributed by atoms with van der Waals surface area (Å²) >= 11 is 0. The van der Waals surface area contributed by atoms with Gasteiger partial charge < -0.3 is 0 Å². The minimum atomic E-state index is 0.0337. The van der Waals surface area contributed by atoms with Crippen LogP contribution < -0.4 is 0 Å². The summed E-state index contributed by atoms with van der Waals surface area (Å²) in [5, 5.41) is 0. The lowest BCUT2D eigenvalue weighted by Crippen LogP contribution is -2.24. The maximum atomic E-state index is 11.3. The van der Waals surface area contributed by atoms with Crippen LogP contribution in [0.25, 0.3) is 0 Å². The quantitative estimate of drug-likeness (QED) is 0.602. The van der Waals surface area contributed by atoms with Crippen molar-refractivity contribution in [2.75, 3.05) is 0 Å². The van der Waals surface area contributed by atoms with Gasteiger partial charge >= 0.3 is 0 Å².